The normalized spacial score (nSPS) is 20.4. The predicted octanol–water partition coefficient (Wildman–Crippen LogP) is 2.17. The Labute approximate surface area is 180 Å². The fourth-order valence-electron chi connectivity index (χ4n) is 3.59. The molecular formula is C22H25N7O2. The van der Waals surface area contributed by atoms with Gasteiger partial charge >= 0.3 is 0 Å². The van der Waals surface area contributed by atoms with Crippen LogP contribution in [0.2, 0.25) is 0 Å². The van der Waals surface area contributed by atoms with Crippen LogP contribution in [-0.4, -0.2) is 48.6 Å². The van der Waals surface area contributed by atoms with Crippen molar-refractivity contribution in [2.24, 2.45) is 15.7 Å². The zero-order valence-corrected chi connectivity index (χ0v) is 17.1. The third-order valence-corrected chi connectivity index (χ3v) is 5.25. The first kappa shape index (κ1) is 20.7. The molecule has 0 spiro atoms. The lowest BCUT2D eigenvalue weighted by Gasteiger charge is -2.32. The number of nitrogens with zero attached hydrogens (tertiary/aromatic N) is 4. The molecule has 2 aliphatic rings. The minimum absolute atomic E-state index is 0.0501. The molecule has 0 saturated heterocycles. The lowest BCUT2D eigenvalue weighted by Crippen LogP contribution is -2.52. The van der Waals surface area contributed by atoms with Crippen molar-refractivity contribution in [2.45, 2.75) is 12.2 Å². The maximum Gasteiger partial charge on any atom is 0.270 e. The molecule has 0 fully saturated rings. The molecule has 0 bridgehead atoms. The van der Waals surface area contributed by atoms with E-state index in [0.29, 0.717) is 0 Å². The first-order valence-corrected chi connectivity index (χ1v) is 10.2. The van der Waals surface area contributed by atoms with E-state index in [1.54, 1.807) is 18.3 Å². The van der Waals surface area contributed by atoms with Crippen molar-refractivity contribution in [1.29, 1.82) is 0 Å². The van der Waals surface area contributed by atoms with Crippen molar-refractivity contribution in [2.75, 3.05) is 26.3 Å². The monoisotopic (exact) mass is 419 g/mol. The summed E-state index contributed by atoms with van der Waals surface area (Å²) in [5, 5.41) is 17.7. The Kier molecular flexibility index (Phi) is 6.06. The summed E-state index contributed by atoms with van der Waals surface area (Å²) in [4.78, 5) is 21.6. The number of nitro benzene ring substituents is 1. The molecule has 2 aromatic rings. The van der Waals surface area contributed by atoms with Crippen LogP contribution >= 0.6 is 0 Å². The Bertz CT molecular complexity index is 1040. The number of nitrogens with two attached hydrogens (primary N) is 1. The van der Waals surface area contributed by atoms with Gasteiger partial charge < -0.3 is 10.6 Å². The van der Waals surface area contributed by atoms with E-state index in [-0.39, 0.29) is 5.69 Å². The van der Waals surface area contributed by atoms with Gasteiger partial charge in [0.15, 0.2) is 0 Å². The first-order chi connectivity index (χ1) is 15.0. The summed E-state index contributed by atoms with van der Waals surface area (Å²) >= 11 is 0. The Hall–Kier alpha value is -3.56. The largest absolute Gasteiger partial charge is 0.372 e. The highest BCUT2D eigenvalue weighted by Crippen LogP contribution is 2.28. The second kappa shape index (κ2) is 9.07. The Morgan fingerprint density at radius 3 is 2.81 bits per heavy atom. The number of nitro groups is 1. The molecule has 4 rings (SSSR count). The molecule has 0 aromatic heterocycles. The highest BCUT2D eigenvalue weighted by molar-refractivity contribution is 5.74. The van der Waals surface area contributed by atoms with E-state index >= 15 is 0 Å². The maximum absolute atomic E-state index is 11.1. The molecule has 2 aliphatic heterocycles. The van der Waals surface area contributed by atoms with Crippen LogP contribution < -0.4 is 16.4 Å². The van der Waals surface area contributed by atoms with Gasteiger partial charge in [-0.15, -0.1) is 0 Å². The molecule has 0 aliphatic carbocycles. The third kappa shape index (κ3) is 4.96. The molecular weight excluding hydrogens is 394 g/mol. The van der Waals surface area contributed by atoms with Crippen LogP contribution in [-0.2, 0) is 5.79 Å². The number of non-ortho nitro benzene ring substituents is 1. The van der Waals surface area contributed by atoms with Crippen LogP contribution in [0.4, 0.5) is 5.69 Å². The van der Waals surface area contributed by atoms with Gasteiger partial charge in [0.1, 0.15) is 5.82 Å². The summed E-state index contributed by atoms with van der Waals surface area (Å²) in [5.74, 6) is -0.327. The molecule has 0 radical (unpaired) electrons. The Morgan fingerprint density at radius 1 is 1.23 bits per heavy atom. The molecule has 1 atom stereocenters. The molecule has 0 amide bonds. The van der Waals surface area contributed by atoms with E-state index in [2.05, 4.69) is 25.5 Å². The van der Waals surface area contributed by atoms with Crippen molar-refractivity contribution in [3.8, 4) is 11.1 Å². The fourth-order valence-corrected chi connectivity index (χ4v) is 3.59. The summed E-state index contributed by atoms with van der Waals surface area (Å²) in [6, 6.07) is 14.1. The Balaban J connectivity index is 1.42. The van der Waals surface area contributed by atoms with E-state index in [1.165, 1.54) is 6.07 Å². The van der Waals surface area contributed by atoms with Gasteiger partial charge in [-0.25, -0.2) is 4.99 Å². The predicted molar refractivity (Wildman–Crippen MR) is 122 cm³/mol. The molecule has 2 heterocycles. The lowest BCUT2D eigenvalue weighted by atomic mass is 9.99. The maximum atomic E-state index is 11.1. The zero-order valence-electron chi connectivity index (χ0n) is 17.1. The molecule has 1 unspecified atom stereocenters. The fraction of sp³-hybridized carbons (Fsp3) is 0.273. The van der Waals surface area contributed by atoms with Gasteiger partial charge in [0.05, 0.1) is 11.6 Å². The molecule has 0 saturated carbocycles. The molecule has 9 heteroatoms. The van der Waals surface area contributed by atoms with Gasteiger partial charge in [-0.2, -0.15) is 0 Å². The van der Waals surface area contributed by atoms with Gasteiger partial charge in [-0.1, -0.05) is 30.3 Å². The number of hydrogen-bond donors (Lipinski definition) is 3. The second-order valence-electron chi connectivity index (χ2n) is 7.50. The minimum Gasteiger partial charge on any atom is -0.372 e. The number of nitrogens with one attached hydrogen (secondary N) is 2. The highest BCUT2D eigenvalue weighted by Gasteiger charge is 2.28. The minimum atomic E-state index is -1.13. The average Bonchev–Trinajstić information content (AvgIpc) is 3.31. The van der Waals surface area contributed by atoms with Gasteiger partial charge in [-0.05, 0) is 29.7 Å². The van der Waals surface area contributed by atoms with Crippen molar-refractivity contribution in [3.63, 3.8) is 0 Å². The van der Waals surface area contributed by atoms with E-state index < -0.39 is 10.7 Å². The highest BCUT2D eigenvalue weighted by atomic mass is 16.6. The molecule has 9 nitrogen and oxygen atoms in total. The molecule has 160 valence electrons. The summed E-state index contributed by atoms with van der Waals surface area (Å²) in [6.07, 6.45) is 6.47. The molecule has 2 aromatic carbocycles. The van der Waals surface area contributed by atoms with Crippen LogP contribution in [0.3, 0.4) is 0 Å². The smallest absolute Gasteiger partial charge is 0.270 e. The van der Waals surface area contributed by atoms with Crippen LogP contribution in [0, 0.1) is 10.1 Å². The van der Waals surface area contributed by atoms with Crippen LogP contribution in [0.25, 0.3) is 11.1 Å². The summed E-state index contributed by atoms with van der Waals surface area (Å²) in [6.45, 7) is 3.47. The van der Waals surface area contributed by atoms with Crippen molar-refractivity contribution < 1.29 is 4.92 Å². The number of benzene rings is 2. The van der Waals surface area contributed by atoms with Crippen LogP contribution in [0.5, 0.6) is 0 Å². The van der Waals surface area contributed by atoms with Crippen LogP contribution in [0.1, 0.15) is 12.0 Å². The summed E-state index contributed by atoms with van der Waals surface area (Å²) < 4.78 is 0. The van der Waals surface area contributed by atoms with E-state index in [1.807, 2.05) is 42.6 Å². The lowest BCUT2D eigenvalue weighted by molar-refractivity contribution is -0.384. The molecule has 31 heavy (non-hydrogen) atoms. The van der Waals surface area contributed by atoms with Gasteiger partial charge in [0.25, 0.3) is 5.69 Å². The second-order valence-corrected chi connectivity index (χ2v) is 7.50. The average molecular weight is 419 g/mol. The SMILES string of the molecule is NC1(c2cccc(-c3cccc([N+](=O)[O-])c3)c2)N=CC=C(NCCCN2CC=NC2)N1. The van der Waals surface area contributed by atoms with Crippen molar-refractivity contribution >= 4 is 18.1 Å². The van der Waals surface area contributed by atoms with E-state index in [0.717, 1.165) is 55.2 Å². The number of allylic oxidation sites excluding steroid dienone is 1. The summed E-state index contributed by atoms with van der Waals surface area (Å²) in [7, 11) is 0. The van der Waals surface area contributed by atoms with Crippen molar-refractivity contribution in [1.82, 2.24) is 15.5 Å². The van der Waals surface area contributed by atoms with Gasteiger partial charge in [0.2, 0.25) is 5.79 Å². The quantitative estimate of drug-likeness (QED) is 0.343. The van der Waals surface area contributed by atoms with Crippen molar-refractivity contribution in [3.05, 3.63) is 76.1 Å². The topological polar surface area (TPSA) is 121 Å². The number of hydrogen-bond acceptors (Lipinski definition) is 8. The zero-order chi connectivity index (χ0) is 21.7. The van der Waals surface area contributed by atoms with E-state index in [4.69, 9.17) is 5.73 Å². The number of aliphatic imine (C=N–C) groups is 2. The van der Waals surface area contributed by atoms with E-state index in [9.17, 15) is 10.1 Å². The molecule has 4 N–H and O–H groups in total. The Morgan fingerprint density at radius 2 is 2.03 bits per heavy atom. The number of rotatable bonds is 8. The third-order valence-electron chi connectivity index (χ3n) is 5.25. The summed E-state index contributed by atoms with van der Waals surface area (Å²) in [5.41, 5.74) is 8.97. The standard InChI is InChI=1S/C22H25N7O2/c23-22(26-10-8-21(27-22)25-9-3-12-28-13-11-24-16-28)19-6-1-4-17(14-19)18-5-2-7-20(15-18)29(30)31/h1-2,4-8,10-11,14-15,25,27H,3,9,12-13,16,23H2. The van der Waals surface area contributed by atoms with Gasteiger partial charge in [0, 0.05) is 49.8 Å². The van der Waals surface area contributed by atoms with Gasteiger partial charge in [-0.3, -0.25) is 25.7 Å². The first-order valence-electron chi connectivity index (χ1n) is 10.2. The van der Waals surface area contributed by atoms with Crippen LogP contribution in [0.15, 0.2) is 70.4 Å².